The molecule has 2 rings (SSSR count). The lowest BCUT2D eigenvalue weighted by Crippen LogP contribution is -2.37. The summed E-state index contributed by atoms with van der Waals surface area (Å²) in [7, 11) is 0. The van der Waals surface area contributed by atoms with Gasteiger partial charge in [-0.2, -0.15) is 18.4 Å². The molecule has 0 saturated carbocycles. The van der Waals surface area contributed by atoms with Crippen molar-refractivity contribution < 1.29 is 22.7 Å². The average Bonchev–Trinajstić information content (AvgIpc) is 2.92. The Morgan fingerprint density at radius 2 is 2.17 bits per heavy atom. The van der Waals surface area contributed by atoms with Gasteiger partial charge in [-0.3, -0.25) is 9.69 Å². The van der Waals surface area contributed by atoms with Gasteiger partial charge in [0.25, 0.3) is 0 Å². The maximum Gasteiger partial charge on any atom is 0.393 e. The van der Waals surface area contributed by atoms with Gasteiger partial charge in [0.05, 0.1) is 23.5 Å². The van der Waals surface area contributed by atoms with Crippen LogP contribution in [0.1, 0.15) is 5.56 Å². The molecule has 1 aromatic carbocycles. The lowest BCUT2D eigenvalue weighted by Gasteiger charge is -2.18. The minimum atomic E-state index is -4.45. The van der Waals surface area contributed by atoms with Crippen molar-refractivity contribution in [2.75, 3.05) is 26.2 Å². The van der Waals surface area contributed by atoms with Gasteiger partial charge >= 0.3 is 6.18 Å². The first-order chi connectivity index (χ1) is 10.8. The fourth-order valence-electron chi connectivity index (χ4n) is 2.64. The van der Waals surface area contributed by atoms with Gasteiger partial charge in [-0.25, -0.2) is 0 Å². The summed E-state index contributed by atoms with van der Waals surface area (Å²) < 4.78 is 44.2. The highest BCUT2D eigenvalue weighted by Crippen LogP contribution is 2.37. The van der Waals surface area contributed by atoms with Crippen molar-refractivity contribution in [2.45, 2.75) is 6.18 Å². The number of ether oxygens (including phenoxy) is 1. The van der Waals surface area contributed by atoms with E-state index in [9.17, 15) is 18.0 Å². The van der Waals surface area contributed by atoms with Crippen molar-refractivity contribution in [3.63, 3.8) is 0 Å². The van der Waals surface area contributed by atoms with Crippen LogP contribution in [0.2, 0.25) is 0 Å². The van der Waals surface area contributed by atoms with Gasteiger partial charge in [0.1, 0.15) is 12.4 Å². The van der Waals surface area contributed by atoms with Crippen LogP contribution in [0.15, 0.2) is 24.3 Å². The first kappa shape index (κ1) is 17.1. The SMILES string of the molecule is N#Cc1cccc(OCCN2C[C@@H](C(F)(F)F)[C@H](C(N)=O)C2)c1. The molecule has 0 bridgehead atoms. The van der Waals surface area contributed by atoms with E-state index in [0.29, 0.717) is 11.3 Å². The Bertz CT molecular complexity index is 613. The molecular weight excluding hydrogens is 311 g/mol. The minimum Gasteiger partial charge on any atom is -0.492 e. The van der Waals surface area contributed by atoms with Gasteiger partial charge in [0.2, 0.25) is 5.91 Å². The second-order valence-electron chi connectivity index (χ2n) is 5.40. The maximum absolute atomic E-state index is 12.9. The fourth-order valence-corrected chi connectivity index (χ4v) is 2.64. The van der Waals surface area contributed by atoms with Gasteiger partial charge in [0.15, 0.2) is 0 Å². The van der Waals surface area contributed by atoms with E-state index in [1.54, 1.807) is 24.3 Å². The number of amides is 1. The molecule has 23 heavy (non-hydrogen) atoms. The van der Waals surface area contributed by atoms with E-state index in [4.69, 9.17) is 15.7 Å². The lowest BCUT2D eigenvalue weighted by molar-refractivity contribution is -0.182. The third kappa shape index (κ3) is 4.36. The van der Waals surface area contributed by atoms with Crippen molar-refractivity contribution in [3.05, 3.63) is 29.8 Å². The van der Waals surface area contributed by atoms with Crippen LogP contribution < -0.4 is 10.5 Å². The van der Waals surface area contributed by atoms with Crippen LogP contribution in [-0.4, -0.2) is 43.2 Å². The van der Waals surface area contributed by atoms with Gasteiger partial charge < -0.3 is 10.5 Å². The normalized spacial score (nSPS) is 21.8. The van der Waals surface area contributed by atoms with E-state index in [2.05, 4.69) is 0 Å². The number of hydrogen-bond donors (Lipinski definition) is 1. The number of hydrogen-bond acceptors (Lipinski definition) is 4. The summed E-state index contributed by atoms with van der Waals surface area (Å²) in [6.45, 7) is 0.109. The van der Waals surface area contributed by atoms with Crippen molar-refractivity contribution in [1.29, 1.82) is 5.26 Å². The molecule has 1 saturated heterocycles. The van der Waals surface area contributed by atoms with Crippen LogP contribution in [0.4, 0.5) is 13.2 Å². The first-order valence-electron chi connectivity index (χ1n) is 7.02. The Balaban J connectivity index is 1.89. The molecule has 2 atom stereocenters. The van der Waals surface area contributed by atoms with Crippen molar-refractivity contribution in [1.82, 2.24) is 4.90 Å². The number of carbonyl (C=O) groups is 1. The smallest absolute Gasteiger partial charge is 0.393 e. The molecule has 5 nitrogen and oxygen atoms in total. The molecule has 0 spiro atoms. The number of carbonyl (C=O) groups excluding carboxylic acids is 1. The predicted octanol–water partition coefficient (Wildman–Crippen LogP) is 1.53. The molecule has 2 N–H and O–H groups in total. The molecule has 124 valence electrons. The average molecular weight is 327 g/mol. The van der Waals surface area contributed by atoms with E-state index in [-0.39, 0.29) is 26.2 Å². The van der Waals surface area contributed by atoms with E-state index < -0.39 is 23.9 Å². The van der Waals surface area contributed by atoms with Crippen LogP contribution >= 0.6 is 0 Å². The molecule has 1 amide bonds. The van der Waals surface area contributed by atoms with E-state index in [1.807, 2.05) is 6.07 Å². The number of benzene rings is 1. The standard InChI is InChI=1S/C15H16F3N3O2/c16-15(17,18)13-9-21(8-12(13)14(20)22)4-5-23-11-3-1-2-10(6-11)7-19/h1-3,6,12-13H,4-5,8-9H2,(H2,20,22)/t12-,13-/m1/s1. The molecule has 8 heteroatoms. The molecule has 0 aliphatic carbocycles. The number of likely N-dealkylation sites (tertiary alicyclic amines) is 1. The highest BCUT2D eigenvalue weighted by molar-refractivity contribution is 5.77. The van der Waals surface area contributed by atoms with Crippen LogP contribution in [0.25, 0.3) is 0 Å². The van der Waals surface area contributed by atoms with Gasteiger partial charge in [0, 0.05) is 19.6 Å². The van der Waals surface area contributed by atoms with Crippen LogP contribution in [0.3, 0.4) is 0 Å². The minimum absolute atomic E-state index is 0.0267. The third-order valence-electron chi connectivity index (χ3n) is 3.82. The van der Waals surface area contributed by atoms with E-state index in [1.165, 1.54) is 4.90 Å². The number of rotatable bonds is 5. The summed E-state index contributed by atoms with van der Waals surface area (Å²) in [5.41, 5.74) is 5.51. The summed E-state index contributed by atoms with van der Waals surface area (Å²) in [5.74, 6) is -3.42. The summed E-state index contributed by atoms with van der Waals surface area (Å²) in [4.78, 5) is 12.7. The molecule has 1 aromatic rings. The van der Waals surface area contributed by atoms with Gasteiger partial charge in [-0.1, -0.05) is 6.07 Å². The number of primary amides is 1. The zero-order chi connectivity index (χ0) is 17.0. The van der Waals surface area contributed by atoms with E-state index >= 15 is 0 Å². The molecule has 1 heterocycles. The fraction of sp³-hybridized carbons (Fsp3) is 0.467. The highest BCUT2D eigenvalue weighted by atomic mass is 19.4. The second kappa shape index (κ2) is 6.87. The zero-order valence-electron chi connectivity index (χ0n) is 12.2. The van der Waals surface area contributed by atoms with Crippen LogP contribution in [0, 0.1) is 23.2 Å². The zero-order valence-corrected chi connectivity index (χ0v) is 12.2. The summed E-state index contributed by atoms with van der Waals surface area (Å²) in [6, 6.07) is 8.47. The Labute approximate surface area is 131 Å². The second-order valence-corrected chi connectivity index (χ2v) is 5.40. The number of nitrogens with two attached hydrogens (primary N) is 1. The summed E-state index contributed by atoms with van der Waals surface area (Å²) >= 11 is 0. The van der Waals surface area contributed by atoms with Crippen LogP contribution in [-0.2, 0) is 4.79 Å². The molecule has 1 aliphatic rings. The van der Waals surface area contributed by atoms with Crippen LogP contribution in [0.5, 0.6) is 5.75 Å². The number of alkyl halides is 3. The monoisotopic (exact) mass is 327 g/mol. The molecule has 0 aromatic heterocycles. The Hall–Kier alpha value is -2.27. The molecule has 0 unspecified atom stereocenters. The number of nitrogens with zero attached hydrogens (tertiary/aromatic N) is 2. The summed E-state index contributed by atoms with van der Waals surface area (Å²) in [6.07, 6.45) is -4.45. The lowest BCUT2D eigenvalue weighted by atomic mass is 9.95. The highest BCUT2D eigenvalue weighted by Gasteiger charge is 2.51. The molecule has 1 fully saturated rings. The van der Waals surface area contributed by atoms with Gasteiger partial charge in [-0.15, -0.1) is 0 Å². The van der Waals surface area contributed by atoms with E-state index in [0.717, 1.165) is 0 Å². The Morgan fingerprint density at radius 3 is 2.74 bits per heavy atom. The maximum atomic E-state index is 12.9. The number of nitriles is 1. The first-order valence-corrected chi connectivity index (χ1v) is 7.02. The topological polar surface area (TPSA) is 79.3 Å². The Morgan fingerprint density at radius 1 is 1.43 bits per heavy atom. The summed E-state index contributed by atoms with van der Waals surface area (Å²) in [5, 5.41) is 8.78. The largest absolute Gasteiger partial charge is 0.492 e. The molecule has 0 radical (unpaired) electrons. The Kier molecular flexibility index (Phi) is 5.11. The van der Waals surface area contributed by atoms with Crippen molar-refractivity contribution >= 4 is 5.91 Å². The molecule has 1 aliphatic heterocycles. The number of halogens is 3. The quantitative estimate of drug-likeness (QED) is 0.889. The van der Waals surface area contributed by atoms with Crippen molar-refractivity contribution in [3.8, 4) is 11.8 Å². The molecular formula is C15H16F3N3O2. The van der Waals surface area contributed by atoms with Crippen molar-refractivity contribution in [2.24, 2.45) is 17.6 Å². The predicted molar refractivity (Wildman–Crippen MR) is 75.3 cm³/mol. The third-order valence-corrected chi connectivity index (χ3v) is 3.82. The van der Waals surface area contributed by atoms with Gasteiger partial charge in [-0.05, 0) is 18.2 Å².